The van der Waals surface area contributed by atoms with Gasteiger partial charge in [-0.1, -0.05) is 0 Å². The van der Waals surface area contributed by atoms with Gasteiger partial charge in [-0.3, -0.25) is 4.79 Å². The minimum atomic E-state index is -0.192. The van der Waals surface area contributed by atoms with Crippen molar-refractivity contribution in [2.24, 2.45) is 5.92 Å². The van der Waals surface area contributed by atoms with E-state index in [0.717, 1.165) is 12.8 Å². The molecule has 0 aliphatic heterocycles. The van der Waals surface area contributed by atoms with Crippen LogP contribution in [0.4, 0.5) is 0 Å². The lowest BCUT2D eigenvalue weighted by molar-refractivity contribution is 0.0420. The number of hydrogen-bond donors (Lipinski definition) is 2. The van der Waals surface area contributed by atoms with Gasteiger partial charge in [-0.05, 0) is 43.9 Å². The van der Waals surface area contributed by atoms with E-state index in [1.54, 1.807) is 25.3 Å². The maximum absolute atomic E-state index is 12.0. The van der Waals surface area contributed by atoms with Crippen LogP contribution >= 0.6 is 0 Å². The van der Waals surface area contributed by atoms with E-state index < -0.39 is 0 Å². The van der Waals surface area contributed by atoms with Gasteiger partial charge in [0.1, 0.15) is 0 Å². The average Bonchev–Trinajstić information content (AvgIpc) is 2.42. The minimum Gasteiger partial charge on any atom is -0.493 e. The molecule has 2 rings (SSSR count). The molecule has 0 aromatic heterocycles. The van der Waals surface area contributed by atoms with Crippen LogP contribution < -0.4 is 14.8 Å². The summed E-state index contributed by atoms with van der Waals surface area (Å²) in [5, 5.41) is 12.1. The fraction of sp³-hybridized carbons (Fsp3) is 0.533. The fourth-order valence-electron chi connectivity index (χ4n) is 2.29. The van der Waals surface area contributed by atoms with E-state index in [0.29, 0.717) is 36.1 Å². The van der Waals surface area contributed by atoms with E-state index in [1.807, 2.05) is 6.92 Å². The van der Waals surface area contributed by atoms with Gasteiger partial charge in [0.05, 0.1) is 19.8 Å². The van der Waals surface area contributed by atoms with Crippen molar-refractivity contribution in [2.75, 3.05) is 20.3 Å². The molecule has 0 saturated heterocycles. The molecule has 2 N–H and O–H groups in total. The topological polar surface area (TPSA) is 67.8 Å². The highest BCUT2D eigenvalue weighted by atomic mass is 16.5. The molecule has 1 aromatic carbocycles. The second kappa shape index (κ2) is 6.61. The molecular formula is C15H21NO4. The molecule has 0 heterocycles. The molecule has 5 nitrogen and oxygen atoms in total. The van der Waals surface area contributed by atoms with Crippen LogP contribution in [0.5, 0.6) is 11.5 Å². The number of benzene rings is 1. The Balaban J connectivity index is 1.95. The van der Waals surface area contributed by atoms with Crippen LogP contribution in [0.15, 0.2) is 18.2 Å². The van der Waals surface area contributed by atoms with Gasteiger partial charge in [-0.25, -0.2) is 0 Å². The first-order valence-corrected chi connectivity index (χ1v) is 6.91. The molecule has 1 aliphatic rings. The molecule has 1 fully saturated rings. The zero-order chi connectivity index (χ0) is 14.5. The Morgan fingerprint density at radius 1 is 1.40 bits per heavy atom. The van der Waals surface area contributed by atoms with Gasteiger partial charge in [0.2, 0.25) is 0 Å². The molecule has 1 aliphatic carbocycles. The summed E-state index contributed by atoms with van der Waals surface area (Å²) < 4.78 is 10.6. The van der Waals surface area contributed by atoms with Gasteiger partial charge in [0.15, 0.2) is 11.5 Å². The Bertz CT molecular complexity index is 469. The van der Waals surface area contributed by atoms with Crippen LogP contribution in [-0.4, -0.2) is 37.4 Å². The van der Waals surface area contributed by atoms with E-state index in [2.05, 4.69) is 5.32 Å². The lowest BCUT2D eigenvalue weighted by atomic mass is 9.82. The third kappa shape index (κ3) is 3.42. The smallest absolute Gasteiger partial charge is 0.251 e. The standard InChI is InChI=1S/C15H21NO4/c1-3-20-13-5-4-11(8-14(13)19-2)15(18)16-9-10-6-12(17)7-10/h4-5,8,10,12,17H,3,6-7,9H2,1-2H3,(H,16,18). The molecule has 0 atom stereocenters. The first-order chi connectivity index (χ1) is 9.63. The molecule has 0 bridgehead atoms. The number of methoxy groups -OCH3 is 1. The Morgan fingerprint density at radius 2 is 2.15 bits per heavy atom. The van der Waals surface area contributed by atoms with Crippen molar-refractivity contribution in [1.29, 1.82) is 0 Å². The minimum absolute atomic E-state index is 0.132. The number of nitrogens with one attached hydrogen (secondary N) is 1. The van der Waals surface area contributed by atoms with E-state index in [-0.39, 0.29) is 12.0 Å². The summed E-state index contributed by atoms with van der Waals surface area (Å²) in [6.07, 6.45) is 1.35. The van der Waals surface area contributed by atoms with Gasteiger partial charge in [0.25, 0.3) is 5.91 Å². The largest absolute Gasteiger partial charge is 0.493 e. The maximum Gasteiger partial charge on any atom is 0.251 e. The summed E-state index contributed by atoms with van der Waals surface area (Å²) in [7, 11) is 1.55. The highest BCUT2D eigenvalue weighted by Gasteiger charge is 2.27. The van der Waals surface area contributed by atoms with Crippen LogP contribution in [0.3, 0.4) is 0 Å². The van der Waals surface area contributed by atoms with Crippen molar-refractivity contribution in [3.63, 3.8) is 0 Å². The molecule has 0 radical (unpaired) electrons. The lowest BCUT2D eigenvalue weighted by Crippen LogP contribution is -2.38. The fourth-order valence-corrected chi connectivity index (χ4v) is 2.29. The van der Waals surface area contributed by atoms with Crippen LogP contribution in [0, 0.1) is 5.92 Å². The summed E-state index contributed by atoms with van der Waals surface area (Å²) >= 11 is 0. The normalized spacial score (nSPS) is 20.9. The summed E-state index contributed by atoms with van der Waals surface area (Å²) in [6, 6.07) is 5.14. The molecular weight excluding hydrogens is 258 g/mol. The van der Waals surface area contributed by atoms with Crippen LogP contribution in [0.25, 0.3) is 0 Å². The number of aliphatic hydroxyl groups is 1. The predicted molar refractivity (Wildman–Crippen MR) is 75.2 cm³/mol. The molecule has 110 valence electrons. The number of rotatable bonds is 6. The van der Waals surface area contributed by atoms with Crippen LogP contribution in [0.1, 0.15) is 30.1 Å². The Hall–Kier alpha value is -1.75. The molecule has 5 heteroatoms. The number of carbonyl (C=O) groups is 1. The Morgan fingerprint density at radius 3 is 2.75 bits per heavy atom. The highest BCUT2D eigenvalue weighted by Crippen LogP contribution is 2.28. The highest BCUT2D eigenvalue weighted by molar-refractivity contribution is 5.94. The SMILES string of the molecule is CCOc1ccc(C(=O)NCC2CC(O)C2)cc1OC. The quantitative estimate of drug-likeness (QED) is 0.830. The molecule has 20 heavy (non-hydrogen) atoms. The number of aliphatic hydroxyl groups excluding tert-OH is 1. The predicted octanol–water partition coefficient (Wildman–Crippen LogP) is 1.59. The van der Waals surface area contributed by atoms with E-state index in [4.69, 9.17) is 9.47 Å². The third-order valence-electron chi connectivity index (χ3n) is 3.49. The van der Waals surface area contributed by atoms with E-state index in [1.165, 1.54) is 0 Å². The van der Waals surface area contributed by atoms with Gasteiger partial charge in [0, 0.05) is 12.1 Å². The first kappa shape index (κ1) is 14.7. The maximum atomic E-state index is 12.0. The lowest BCUT2D eigenvalue weighted by Gasteiger charge is -2.31. The third-order valence-corrected chi connectivity index (χ3v) is 3.49. The van der Waals surface area contributed by atoms with Gasteiger partial charge in [-0.15, -0.1) is 0 Å². The number of carbonyl (C=O) groups excluding carboxylic acids is 1. The summed E-state index contributed by atoms with van der Waals surface area (Å²) in [5.41, 5.74) is 0.546. The zero-order valence-corrected chi connectivity index (χ0v) is 11.9. The first-order valence-electron chi connectivity index (χ1n) is 6.91. The van der Waals surface area contributed by atoms with E-state index >= 15 is 0 Å². The summed E-state index contributed by atoms with van der Waals surface area (Å²) in [5.74, 6) is 1.44. The summed E-state index contributed by atoms with van der Waals surface area (Å²) in [4.78, 5) is 12.0. The van der Waals surface area contributed by atoms with Crippen molar-refractivity contribution >= 4 is 5.91 Å². The average molecular weight is 279 g/mol. The van der Waals surface area contributed by atoms with Crippen LogP contribution in [-0.2, 0) is 0 Å². The number of hydrogen-bond acceptors (Lipinski definition) is 4. The van der Waals surface area contributed by atoms with Gasteiger partial charge in [-0.2, -0.15) is 0 Å². The molecule has 1 saturated carbocycles. The second-order valence-corrected chi connectivity index (χ2v) is 5.00. The monoisotopic (exact) mass is 279 g/mol. The zero-order valence-electron chi connectivity index (χ0n) is 11.9. The van der Waals surface area contributed by atoms with Crippen molar-refractivity contribution in [3.8, 4) is 11.5 Å². The number of amides is 1. The molecule has 1 amide bonds. The van der Waals surface area contributed by atoms with Crippen LogP contribution in [0.2, 0.25) is 0 Å². The van der Waals surface area contributed by atoms with Crippen molar-refractivity contribution in [2.45, 2.75) is 25.9 Å². The Kier molecular flexibility index (Phi) is 4.84. The molecule has 1 aromatic rings. The number of ether oxygens (including phenoxy) is 2. The van der Waals surface area contributed by atoms with Gasteiger partial charge < -0.3 is 19.9 Å². The molecule has 0 unspecified atom stereocenters. The van der Waals surface area contributed by atoms with Gasteiger partial charge >= 0.3 is 0 Å². The van der Waals surface area contributed by atoms with E-state index in [9.17, 15) is 9.90 Å². The van der Waals surface area contributed by atoms with Crippen molar-refractivity contribution in [3.05, 3.63) is 23.8 Å². The molecule has 0 spiro atoms. The Labute approximate surface area is 118 Å². The van der Waals surface area contributed by atoms with Crippen molar-refractivity contribution in [1.82, 2.24) is 5.32 Å². The second-order valence-electron chi connectivity index (χ2n) is 5.00. The van der Waals surface area contributed by atoms with Crippen molar-refractivity contribution < 1.29 is 19.4 Å². The summed E-state index contributed by atoms with van der Waals surface area (Å²) in [6.45, 7) is 3.05.